The Balaban J connectivity index is 2.38. The van der Waals surface area contributed by atoms with Gasteiger partial charge in [-0.1, -0.05) is 64.2 Å². The van der Waals surface area contributed by atoms with Gasteiger partial charge in [0.2, 0.25) is 0 Å². The summed E-state index contributed by atoms with van der Waals surface area (Å²) in [5.74, 6) is -0.243. The molecule has 3 nitrogen and oxygen atoms in total. The van der Waals surface area contributed by atoms with Gasteiger partial charge in [-0.2, -0.15) is 0 Å². The second-order valence-corrected chi connectivity index (χ2v) is 13.9. The van der Waals surface area contributed by atoms with Crippen molar-refractivity contribution in [2.24, 2.45) is 0 Å². The molecule has 0 aliphatic carbocycles. The van der Waals surface area contributed by atoms with Gasteiger partial charge in [0.15, 0.2) is 5.60 Å². The van der Waals surface area contributed by atoms with Crippen molar-refractivity contribution in [3.8, 4) is 0 Å². The number of carbonyl (C=O) groups excluding carboxylic acids is 1. The Morgan fingerprint density at radius 1 is 1.30 bits per heavy atom. The fraction of sp³-hybridized carbons (Fsp3) is 0.632. The maximum absolute atomic E-state index is 12.8. The fourth-order valence-electron chi connectivity index (χ4n) is 3.20. The van der Waals surface area contributed by atoms with Crippen LogP contribution in [0, 0.1) is 0 Å². The highest BCUT2D eigenvalue weighted by molar-refractivity contribution is 6.81. The molecule has 1 saturated heterocycles. The van der Waals surface area contributed by atoms with Crippen molar-refractivity contribution in [3.05, 3.63) is 35.9 Å². The van der Waals surface area contributed by atoms with Gasteiger partial charge in [0.25, 0.3) is 0 Å². The van der Waals surface area contributed by atoms with Crippen LogP contribution in [0.5, 0.6) is 0 Å². The van der Waals surface area contributed by atoms with Crippen molar-refractivity contribution in [2.45, 2.75) is 63.4 Å². The predicted molar refractivity (Wildman–Crippen MR) is 96.3 cm³/mol. The zero-order chi connectivity index (χ0) is 17.3. The lowest BCUT2D eigenvalue weighted by Gasteiger charge is -2.41. The molecule has 1 heterocycles. The van der Waals surface area contributed by atoms with Gasteiger partial charge in [-0.25, -0.2) is 4.79 Å². The maximum Gasteiger partial charge on any atom is 0.343 e. The summed E-state index contributed by atoms with van der Waals surface area (Å²) in [6.07, 6.45) is 0.729. The summed E-state index contributed by atoms with van der Waals surface area (Å²) >= 11 is 0. The molecule has 0 bridgehead atoms. The van der Waals surface area contributed by atoms with Gasteiger partial charge in [-0.15, -0.1) is 0 Å². The Morgan fingerprint density at radius 3 is 2.43 bits per heavy atom. The third-order valence-electron chi connectivity index (χ3n) is 5.86. The largest absolute Gasteiger partial charge is 0.464 e. The summed E-state index contributed by atoms with van der Waals surface area (Å²) in [6, 6.07) is 9.83. The van der Waals surface area contributed by atoms with Crippen LogP contribution in [0.2, 0.25) is 23.7 Å². The molecule has 0 unspecified atom stereocenters. The van der Waals surface area contributed by atoms with Crippen LogP contribution in [0.4, 0.5) is 0 Å². The number of rotatable bonds is 4. The quantitative estimate of drug-likeness (QED) is 0.589. The zero-order valence-corrected chi connectivity index (χ0v) is 16.3. The molecule has 1 aliphatic heterocycles. The van der Waals surface area contributed by atoms with Crippen LogP contribution in [0.3, 0.4) is 0 Å². The lowest BCUT2D eigenvalue weighted by atomic mass is 9.90. The summed E-state index contributed by atoms with van der Waals surface area (Å²) in [7, 11) is -1.60. The van der Waals surface area contributed by atoms with Crippen LogP contribution in [-0.4, -0.2) is 27.3 Å². The number of esters is 1. The summed E-state index contributed by atoms with van der Waals surface area (Å²) in [6.45, 7) is 14.6. The molecular weight excluding hydrogens is 304 g/mol. The number of benzene rings is 1. The number of ether oxygens (including phenoxy) is 2. The maximum atomic E-state index is 12.8. The average Bonchev–Trinajstić information content (AvgIpc) is 2.94. The monoisotopic (exact) mass is 334 g/mol. The molecule has 0 aromatic heterocycles. The Labute approximate surface area is 141 Å². The second kappa shape index (κ2) is 6.40. The Morgan fingerprint density at radius 2 is 1.91 bits per heavy atom. The van der Waals surface area contributed by atoms with Gasteiger partial charge in [0, 0.05) is 6.61 Å². The normalized spacial score (nSPS) is 25.4. The molecule has 128 valence electrons. The fourth-order valence-corrected chi connectivity index (χ4v) is 5.72. The van der Waals surface area contributed by atoms with E-state index >= 15 is 0 Å². The summed E-state index contributed by atoms with van der Waals surface area (Å²) in [5, 5.41) is 0.266. The van der Waals surface area contributed by atoms with Crippen LogP contribution in [0.25, 0.3) is 0 Å². The Hall–Kier alpha value is -1.13. The topological polar surface area (TPSA) is 35.5 Å². The molecule has 1 aromatic rings. The van der Waals surface area contributed by atoms with Gasteiger partial charge in [0.1, 0.15) is 0 Å². The van der Waals surface area contributed by atoms with Crippen LogP contribution >= 0.6 is 0 Å². The molecule has 1 fully saturated rings. The van der Waals surface area contributed by atoms with Crippen molar-refractivity contribution < 1.29 is 14.3 Å². The Bertz CT molecular complexity index is 547. The highest BCUT2D eigenvalue weighted by Crippen LogP contribution is 2.53. The smallest absolute Gasteiger partial charge is 0.343 e. The first-order valence-corrected chi connectivity index (χ1v) is 11.6. The molecule has 1 aromatic carbocycles. The molecule has 2 atom stereocenters. The van der Waals surface area contributed by atoms with E-state index in [-0.39, 0.29) is 11.0 Å². The minimum Gasteiger partial charge on any atom is -0.464 e. The lowest BCUT2D eigenvalue weighted by molar-refractivity contribution is -0.168. The molecule has 23 heavy (non-hydrogen) atoms. The number of hydrogen-bond donors (Lipinski definition) is 0. The Kier molecular flexibility index (Phi) is 5.07. The molecule has 2 rings (SSSR count). The molecule has 0 saturated carbocycles. The number of hydrogen-bond acceptors (Lipinski definition) is 3. The molecule has 0 amide bonds. The average molecular weight is 335 g/mol. The standard InChI is InChI=1S/C19H30O3Si/c1-7-21-17(20)19(15-11-9-8-10-12-15)13-16(14-22-19)23(5,6)18(2,3)4/h8-12,16H,7,13-14H2,1-6H3/t16-,19+/m0/s1. The van der Waals surface area contributed by atoms with E-state index in [1.54, 1.807) is 0 Å². The summed E-state index contributed by atoms with van der Waals surface area (Å²) < 4.78 is 11.6. The van der Waals surface area contributed by atoms with Crippen molar-refractivity contribution in [1.82, 2.24) is 0 Å². The van der Waals surface area contributed by atoms with Crippen molar-refractivity contribution in [2.75, 3.05) is 13.2 Å². The molecule has 4 heteroatoms. The SMILES string of the molecule is CCOC(=O)[C@]1(c2ccccc2)C[C@H]([Si](C)(C)C(C)(C)C)CO1. The van der Waals surface area contributed by atoms with Crippen molar-refractivity contribution in [3.63, 3.8) is 0 Å². The lowest BCUT2D eigenvalue weighted by Crippen LogP contribution is -2.43. The first-order chi connectivity index (χ1) is 10.6. The third kappa shape index (κ3) is 3.24. The van der Waals surface area contributed by atoms with Gasteiger partial charge in [-0.3, -0.25) is 0 Å². The highest BCUT2D eigenvalue weighted by atomic mass is 28.3. The van der Waals surface area contributed by atoms with Crippen molar-refractivity contribution in [1.29, 1.82) is 0 Å². The second-order valence-electron chi connectivity index (χ2n) is 8.10. The van der Waals surface area contributed by atoms with Gasteiger partial charge < -0.3 is 9.47 Å². The number of carbonyl (C=O) groups is 1. The van der Waals surface area contributed by atoms with E-state index in [1.807, 2.05) is 37.3 Å². The first-order valence-electron chi connectivity index (χ1n) is 8.52. The van der Waals surface area contributed by atoms with Crippen LogP contribution in [0.1, 0.15) is 39.7 Å². The zero-order valence-electron chi connectivity index (χ0n) is 15.3. The minimum absolute atomic E-state index is 0.243. The van der Waals surface area contributed by atoms with Gasteiger partial charge >= 0.3 is 5.97 Å². The highest BCUT2D eigenvalue weighted by Gasteiger charge is 2.55. The van der Waals surface area contributed by atoms with Crippen LogP contribution in [-0.2, 0) is 19.9 Å². The third-order valence-corrected chi connectivity index (χ3v) is 12.1. The minimum atomic E-state index is -1.60. The summed E-state index contributed by atoms with van der Waals surface area (Å²) in [4.78, 5) is 12.8. The van der Waals surface area contributed by atoms with E-state index in [9.17, 15) is 4.79 Å². The van der Waals surface area contributed by atoms with Crippen LogP contribution < -0.4 is 0 Å². The van der Waals surface area contributed by atoms with Crippen LogP contribution in [0.15, 0.2) is 30.3 Å². The van der Waals surface area contributed by atoms with Gasteiger partial charge in [-0.05, 0) is 29.5 Å². The first kappa shape index (κ1) is 18.2. The predicted octanol–water partition coefficient (Wildman–Crippen LogP) is 4.74. The molecular formula is C19H30O3Si. The summed E-state index contributed by atoms with van der Waals surface area (Å²) in [5.41, 5.74) is 0.420. The van der Waals surface area contributed by atoms with E-state index < -0.39 is 13.7 Å². The van der Waals surface area contributed by atoms with E-state index in [1.165, 1.54) is 0 Å². The van der Waals surface area contributed by atoms with Gasteiger partial charge in [0.05, 0.1) is 14.7 Å². The van der Waals surface area contributed by atoms with E-state index in [4.69, 9.17) is 9.47 Å². The molecule has 0 spiro atoms. The van der Waals surface area contributed by atoms with E-state index in [2.05, 4.69) is 33.9 Å². The molecule has 0 N–H and O–H groups in total. The van der Waals surface area contributed by atoms with Crippen molar-refractivity contribution >= 4 is 14.0 Å². The van der Waals surface area contributed by atoms with E-state index in [0.29, 0.717) is 18.8 Å². The van der Waals surface area contributed by atoms with E-state index in [0.717, 1.165) is 12.0 Å². The molecule has 0 radical (unpaired) electrons. The molecule has 1 aliphatic rings.